The molecule has 0 spiro atoms. The molecule has 3 rings (SSSR count). The van der Waals surface area contributed by atoms with Gasteiger partial charge >= 0.3 is 0 Å². The largest absolute Gasteiger partial charge is 0.506 e. The van der Waals surface area contributed by atoms with Crippen molar-refractivity contribution in [3.05, 3.63) is 41.2 Å². The van der Waals surface area contributed by atoms with Gasteiger partial charge in [-0.05, 0) is 24.0 Å². The predicted octanol–water partition coefficient (Wildman–Crippen LogP) is 2.14. The molecule has 0 bridgehead atoms. The van der Waals surface area contributed by atoms with E-state index in [-0.39, 0.29) is 28.8 Å². The summed E-state index contributed by atoms with van der Waals surface area (Å²) in [6, 6.07) is 7.19. The summed E-state index contributed by atoms with van der Waals surface area (Å²) in [5, 5.41) is 25.5. The molecule has 0 radical (unpaired) electrons. The number of anilines is 1. The van der Waals surface area contributed by atoms with Gasteiger partial charge in [-0.25, -0.2) is 0 Å². The number of aromatic hydroxyl groups is 1. The Morgan fingerprint density at radius 3 is 3.14 bits per heavy atom. The topological polar surface area (TPSA) is 93.0 Å². The number of fused-ring (bicyclic) bond motifs is 1. The average Bonchev–Trinajstić information content (AvgIpc) is 2.96. The first kappa shape index (κ1) is 13.2. The van der Waals surface area contributed by atoms with Gasteiger partial charge in [-0.2, -0.15) is 10.4 Å². The molecule has 0 saturated carbocycles. The van der Waals surface area contributed by atoms with Crippen LogP contribution < -0.4 is 4.90 Å². The number of nitriles is 1. The second-order valence-corrected chi connectivity index (χ2v) is 5.13. The highest BCUT2D eigenvalue weighted by atomic mass is 16.3. The smallest absolute Gasteiger partial charge is 0.277 e. The molecule has 2 aromatic rings. The maximum absolute atomic E-state index is 12.7. The van der Waals surface area contributed by atoms with Crippen molar-refractivity contribution in [1.29, 1.82) is 5.26 Å². The molecule has 1 atom stereocenters. The number of nitrogens with one attached hydrogen (secondary N) is 1. The fourth-order valence-electron chi connectivity index (χ4n) is 2.70. The third kappa shape index (κ3) is 2.03. The van der Waals surface area contributed by atoms with Crippen molar-refractivity contribution in [1.82, 2.24) is 10.2 Å². The first-order chi connectivity index (χ1) is 10.1. The quantitative estimate of drug-likeness (QED) is 0.838. The second-order valence-electron chi connectivity index (χ2n) is 5.13. The molecule has 1 aliphatic heterocycles. The SMILES string of the molecule is CC1CCN(C(=O)c2[nH]ncc2C#N)c2c(O)cccc21. The number of aromatic nitrogens is 2. The Morgan fingerprint density at radius 2 is 2.38 bits per heavy atom. The van der Waals surface area contributed by atoms with E-state index in [1.165, 1.54) is 11.1 Å². The van der Waals surface area contributed by atoms with Crippen molar-refractivity contribution < 1.29 is 9.90 Å². The van der Waals surface area contributed by atoms with Crippen molar-refractivity contribution in [2.24, 2.45) is 0 Å². The molecule has 1 aromatic heterocycles. The summed E-state index contributed by atoms with van der Waals surface area (Å²) in [6.07, 6.45) is 2.13. The Kier molecular flexibility index (Phi) is 3.10. The van der Waals surface area contributed by atoms with Gasteiger partial charge in [0, 0.05) is 6.54 Å². The summed E-state index contributed by atoms with van der Waals surface area (Å²) in [7, 11) is 0. The number of rotatable bonds is 1. The predicted molar refractivity (Wildman–Crippen MR) is 76.1 cm³/mol. The maximum Gasteiger partial charge on any atom is 0.277 e. The lowest BCUT2D eigenvalue weighted by Crippen LogP contribution is -2.37. The molecule has 1 unspecified atom stereocenters. The lowest BCUT2D eigenvalue weighted by Gasteiger charge is -2.33. The van der Waals surface area contributed by atoms with Gasteiger partial charge in [-0.3, -0.25) is 9.89 Å². The number of carbonyl (C=O) groups is 1. The molecule has 1 amide bonds. The summed E-state index contributed by atoms with van der Waals surface area (Å²) >= 11 is 0. The van der Waals surface area contributed by atoms with Crippen LogP contribution in [0.5, 0.6) is 5.75 Å². The average molecular weight is 282 g/mol. The number of nitrogens with zero attached hydrogens (tertiary/aromatic N) is 3. The van der Waals surface area contributed by atoms with Crippen molar-refractivity contribution in [3.8, 4) is 11.8 Å². The zero-order chi connectivity index (χ0) is 15.0. The van der Waals surface area contributed by atoms with E-state index in [0.29, 0.717) is 12.2 Å². The third-order valence-electron chi connectivity index (χ3n) is 3.85. The lowest BCUT2D eigenvalue weighted by molar-refractivity contribution is 0.0978. The number of carbonyl (C=O) groups excluding carboxylic acids is 1. The number of benzene rings is 1. The third-order valence-corrected chi connectivity index (χ3v) is 3.85. The minimum absolute atomic E-state index is 0.0745. The Labute approximate surface area is 121 Å². The summed E-state index contributed by atoms with van der Waals surface area (Å²) in [6.45, 7) is 2.56. The minimum atomic E-state index is -0.348. The fourth-order valence-corrected chi connectivity index (χ4v) is 2.70. The molecule has 0 aliphatic carbocycles. The van der Waals surface area contributed by atoms with E-state index in [0.717, 1.165) is 12.0 Å². The maximum atomic E-state index is 12.7. The van der Waals surface area contributed by atoms with Gasteiger partial charge < -0.3 is 10.0 Å². The van der Waals surface area contributed by atoms with Crippen LogP contribution in [0.1, 0.15) is 40.9 Å². The summed E-state index contributed by atoms with van der Waals surface area (Å²) in [4.78, 5) is 14.2. The molecular formula is C15H14N4O2. The van der Waals surface area contributed by atoms with Crippen molar-refractivity contribution in [2.45, 2.75) is 19.3 Å². The summed E-state index contributed by atoms with van der Waals surface area (Å²) < 4.78 is 0. The number of para-hydroxylation sites is 1. The van der Waals surface area contributed by atoms with E-state index in [9.17, 15) is 9.90 Å². The molecule has 0 fully saturated rings. The molecular weight excluding hydrogens is 268 g/mol. The number of aromatic amines is 1. The Hall–Kier alpha value is -2.81. The second kappa shape index (κ2) is 4.94. The molecule has 6 nitrogen and oxygen atoms in total. The monoisotopic (exact) mass is 282 g/mol. The van der Waals surface area contributed by atoms with Gasteiger partial charge in [0.05, 0.1) is 11.9 Å². The van der Waals surface area contributed by atoms with E-state index in [1.54, 1.807) is 12.1 Å². The molecule has 2 N–H and O–H groups in total. The van der Waals surface area contributed by atoms with E-state index in [1.807, 2.05) is 12.1 Å². The molecule has 1 aromatic carbocycles. The van der Waals surface area contributed by atoms with Gasteiger partial charge in [0.2, 0.25) is 0 Å². The Balaban J connectivity index is 2.08. The van der Waals surface area contributed by atoms with Crippen molar-refractivity contribution in [2.75, 3.05) is 11.4 Å². The number of hydrogen-bond acceptors (Lipinski definition) is 4. The normalized spacial score (nSPS) is 17.1. The van der Waals surface area contributed by atoms with Crippen LogP contribution in [0.2, 0.25) is 0 Å². The van der Waals surface area contributed by atoms with Gasteiger partial charge in [0.15, 0.2) is 0 Å². The van der Waals surface area contributed by atoms with E-state index in [4.69, 9.17) is 5.26 Å². The van der Waals surface area contributed by atoms with Crippen LogP contribution in [0.25, 0.3) is 0 Å². The Morgan fingerprint density at radius 1 is 1.57 bits per heavy atom. The van der Waals surface area contributed by atoms with Gasteiger partial charge in [-0.15, -0.1) is 0 Å². The fraction of sp³-hybridized carbons (Fsp3) is 0.267. The molecule has 106 valence electrons. The number of phenols is 1. The number of amides is 1. The van der Waals surface area contributed by atoms with Crippen LogP contribution >= 0.6 is 0 Å². The van der Waals surface area contributed by atoms with Crippen molar-refractivity contribution >= 4 is 11.6 Å². The van der Waals surface area contributed by atoms with Crippen LogP contribution in [0.4, 0.5) is 5.69 Å². The Bertz CT molecular complexity index is 744. The summed E-state index contributed by atoms with van der Waals surface area (Å²) in [5.41, 5.74) is 1.82. The van der Waals surface area contributed by atoms with Crippen LogP contribution in [0.15, 0.2) is 24.4 Å². The number of hydrogen-bond donors (Lipinski definition) is 2. The lowest BCUT2D eigenvalue weighted by atomic mass is 9.91. The first-order valence-corrected chi connectivity index (χ1v) is 6.70. The summed E-state index contributed by atoms with van der Waals surface area (Å²) in [5.74, 6) is -0.00234. The molecule has 21 heavy (non-hydrogen) atoms. The number of phenolic OH excluding ortho intramolecular Hbond substituents is 1. The van der Waals surface area contributed by atoms with Crippen LogP contribution in [-0.2, 0) is 0 Å². The van der Waals surface area contributed by atoms with Crippen LogP contribution in [-0.4, -0.2) is 27.8 Å². The van der Waals surface area contributed by atoms with Crippen LogP contribution in [0, 0.1) is 11.3 Å². The van der Waals surface area contributed by atoms with E-state index < -0.39 is 0 Å². The van der Waals surface area contributed by atoms with Gasteiger partial charge in [0.25, 0.3) is 5.91 Å². The molecule has 6 heteroatoms. The minimum Gasteiger partial charge on any atom is -0.506 e. The van der Waals surface area contributed by atoms with Gasteiger partial charge in [0.1, 0.15) is 23.1 Å². The zero-order valence-corrected chi connectivity index (χ0v) is 11.5. The molecule has 0 saturated heterocycles. The van der Waals surface area contributed by atoms with E-state index >= 15 is 0 Å². The van der Waals surface area contributed by atoms with Gasteiger partial charge in [-0.1, -0.05) is 19.1 Å². The highest BCUT2D eigenvalue weighted by Gasteiger charge is 2.31. The molecule has 1 aliphatic rings. The zero-order valence-electron chi connectivity index (χ0n) is 11.5. The first-order valence-electron chi connectivity index (χ1n) is 6.70. The number of H-pyrrole nitrogens is 1. The molecule has 2 heterocycles. The standard InChI is InChI=1S/C15H14N4O2/c1-9-5-6-19(14-11(9)3-2-4-12(14)20)15(21)13-10(7-16)8-17-18-13/h2-4,8-9,20H,5-6H2,1H3,(H,17,18). The van der Waals surface area contributed by atoms with Crippen molar-refractivity contribution in [3.63, 3.8) is 0 Å². The highest BCUT2D eigenvalue weighted by Crippen LogP contribution is 2.41. The van der Waals surface area contributed by atoms with Crippen LogP contribution in [0.3, 0.4) is 0 Å². The highest BCUT2D eigenvalue weighted by molar-refractivity contribution is 6.07. The van der Waals surface area contributed by atoms with E-state index in [2.05, 4.69) is 17.1 Å².